The molecule has 0 unspecified atom stereocenters. The third-order valence-corrected chi connectivity index (χ3v) is 3.43. The molecule has 0 atom stereocenters. The predicted molar refractivity (Wildman–Crippen MR) is 107 cm³/mol. The first-order valence-corrected chi connectivity index (χ1v) is 8.19. The summed E-state index contributed by atoms with van der Waals surface area (Å²) in [6, 6.07) is 14.4. The lowest BCUT2D eigenvalue weighted by atomic mass is 10.2. The Morgan fingerprint density at radius 1 is 1.04 bits per heavy atom. The van der Waals surface area contributed by atoms with E-state index in [1.54, 1.807) is 37.5 Å². The van der Waals surface area contributed by atoms with Gasteiger partial charge in [0, 0.05) is 29.9 Å². The topological polar surface area (TPSA) is 79.5 Å². The monoisotopic (exact) mass is 369 g/mol. The maximum Gasteiger partial charge on any atom is 0.250 e. The van der Waals surface area contributed by atoms with Gasteiger partial charge in [0.25, 0.3) is 0 Å². The van der Waals surface area contributed by atoms with Crippen LogP contribution >= 0.6 is 12.2 Å². The van der Waals surface area contributed by atoms with E-state index >= 15 is 0 Å². The highest BCUT2D eigenvalue weighted by molar-refractivity contribution is 7.80. The summed E-state index contributed by atoms with van der Waals surface area (Å²) in [6.07, 6.45) is 3.02. The molecule has 6 nitrogen and oxygen atoms in total. The number of ether oxygens (including phenoxy) is 1. The molecule has 0 heterocycles. The number of anilines is 2. The Balaban J connectivity index is 1.94. The standard InChI is InChI=1S/C19H19N3O3S/c1-13(23)20-15-7-5-8-16(12-15)21-19(26)22-18(24)11-10-14-6-3-4-9-17(14)25-2/h3-12H,1-2H3,(H,20,23)(H2,21,22,24,26)/b11-10+. The van der Waals surface area contributed by atoms with Gasteiger partial charge in [0.1, 0.15) is 5.75 Å². The molecule has 2 aromatic carbocycles. The van der Waals surface area contributed by atoms with Crippen LogP contribution in [0.2, 0.25) is 0 Å². The van der Waals surface area contributed by atoms with Crippen LogP contribution in [0.25, 0.3) is 6.08 Å². The summed E-state index contributed by atoms with van der Waals surface area (Å²) in [4.78, 5) is 23.1. The summed E-state index contributed by atoms with van der Waals surface area (Å²) in [5, 5.41) is 8.29. The van der Waals surface area contributed by atoms with E-state index in [1.807, 2.05) is 24.3 Å². The fourth-order valence-corrected chi connectivity index (χ4v) is 2.38. The van der Waals surface area contributed by atoms with Crippen LogP contribution in [-0.4, -0.2) is 24.0 Å². The van der Waals surface area contributed by atoms with E-state index in [2.05, 4.69) is 16.0 Å². The molecule has 0 bridgehead atoms. The van der Waals surface area contributed by atoms with Gasteiger partial charge >= 0.3 is 0 Å². The van der Waals surface area contributed by atoms with Crippen molar-refractivity contribution in [3.05, 3.63) is 60.2 Å². The van der Waals surface area contributed by atoms with Crippen molar-refractivity contribution in [3.8, 4) is 5.75 Å². The number of amides is 2. The zero-order valence-electron chi connectivity index (χ0n) is 14.4. The Morgan fingerprint density at radius 3 is 2.42 bits per heavy atom. The summed E-state index contributed by atoms with van der Waals surface area (Å²) in [5.41, 5.74) is 2.06. The van der Waals surface area contributed by atoms with Crippen LogP contribution in [0.4, 0.5) is 11.4 Å². The number of rotatable bonds is 5. The summed E-state index contributed by atoms with van der Waals surface area (Å²) < 4.78 is 5.23. The maximum atomic E-state index is 12.0. The van der Waals surface area contributed by atoms with E-state index in [4.69, 9.17) is 17.0 Å². The average molecular weight is 369 g/mol. The van der Waals surface area contributed by atoms with Crippen molar-refractivity contribution in [2.75, 3.05) is 17.7 Å². The van der Waals surface area contributed by atoms with Crippen molar-refractivity contribution < 1.29 is 14.3 Å². The van der Waals surface area contributed by atoms with Crippen LogP contribution in [-0.2, 0) is 9.59 Å². The second-order valence-corrected chi connectivity index (χ2v) is 5.69. The normalized spacial score (nSPS) is 10.2. The second-order valence-electron chi connectivity index (χ2n) is 5.28. The number of hydrogen-bond acceptors (Lipinski definition) is 4. The first-order chi connectivity index (χ1) is 12.5. The Bertz CT molecular complexity index is 849. The van der Waals surface area contributed by atoms with Gasteiger partial charge in [0.2, 0.25) is 11.8 Å². The van der Waals surface area contributed by atoms with Crippen LogP contribution < -0.4 is 20.7 Å². The molecular weight excluding hydrogens is 350 g/mol. The highest BCUT2D eigenvalue weighted by Gasteiger charge is 2.04. The lowest BCUT2D eigenvalue weighted by Crippen LogP contribution is -2.32. The van der Waals surface area contributed by atoms with Crippen LogP contribution in [0.1, 0.15) is 12.5 Å². The lowest BCUT2D eigenvalue weighted by molar-refractivity contribution is -0.115. The van der Waals surface area contributed by atoms with Gasteiger partial charge < -0.3 is 15.4 Å². The molecule has 2 rings (SSSR count). The quantitative estimate of drug-likeness (QED) is 0.557. The highest BCUT2D eigenvalue weighted by atomic mass is 32.1. The van der Waals surface area contributed by atoms with Gasteiger partial charge in [-0.3, -0.25) is 14.9 Å². The fraction of sp³-hybridized carbons (Fsp3) is 0.105. The lowest BCUT2D eigenvalue weighted by Gasteiger charge is -2.10. The molecule has 0 aliphatic carbocycles. The summed E-state index contributed by atoms with van der Waals surface area (Å²) in [5.74, 6) is 0.137. The number of methoxy groups -OCH3 is 1. The van der Waals surface area contributed by atoms with E-state index in [1.165, 1.54) is 13.0 Å². The van der Waals surface area contributed by atoms with Crippen LogP contribution in [0.3, 0.4) is 0 Å². The van der Waals surface area contributed by atoms with E-state index in [0.717, 1.165) is 5.56 Å². The predicted octanol–water partition coefficient (Wildman–Crippen LogP) is 3.18. The maximum absolute atomic E-state index is 12.0. The summed E-state index contributed by atoms with van der Waals surface area (Å²) >= 11 is 5.13. The van der Waals surface area contributed by atoms with Crippen molar-refractivity contribution in [2.24, 2.45) is 0 Å². The largest absolute Gasteiger partial charge is 0.496 e. The average Bonchev–Trinajstić information content (AvgIpc) is 2.59. The summed E-state index contributed by atoms with van der Waals surface area (Å²) in [6.45, 7) is 1.43. The first kappa shape index (κ1) is 19.1. The van der Waals surface area contributed by atoms with Gasteiger partial charge in [-0.2, -0.15) is 0 Å². The molecule has 2 aromatic rings. The number of thiocarbonyl (C=S) groups is 1. The fourth-order valence-electron chi connectivity index (χ4n) is 2.16. The van der Waals surface area contributed by atoms with Gasteiger partial charge in [-0.25, -0.2) is 0 Å². The van der Waals surface area contributed by atoms with Crippen LogP contribution in [0.5, 0.6) is 5.75 Å². The van der Waals surface area contributed by atoms with E-state index in [9.17, 15) is 9.59 Å². The minimum absolute atomic E-state index is 0.152. The number of benzene rings is 2. The zero-order valence-corrected chi connectivity index (χ0v) is 15.2. The smallest absolute Gasteiger partial charge is 0.250 e. The van der Waals surface area contributed by atoms with Gasteiger partial charge in [-0.05, 0) is 42.6 Å². The van der Waals surface area contributed by atoms with Crippen LogP contribution in [0.15, 0.2) is 54.6 Å². The van der Waals surface area contributed by atoms with Gasteiger partial charge in [0.05, 0.1) is 7.11 Å². The van der Waals surface area contributed by atoms with Crippen molar-refractivity contribution in [2.45, 2.75) is 6.92 Å². The van der Waals surface area contributed by atoms with Gasteiger partial charge in [0.15, 0.2) is 5.11 Å². The molecule has 7 heteroatoms. The van der Waals surface area contributed by atoms with Gasteiger partial charge in [-0.1, -0.05) is 24.3 Å². The molecule has 0 fully saturated rings. The molecule has 0 aromatic heterocycles. The Labute approximate surface area is 157 Å². The Kier molecular flexibility index (Phi) is 6.87. The van der Waals surface area contributed by atoms with Crippen LogP contribution in [0, 0.1) is 0 Å². The van der Waals surface area contributed by atoms with Crippen molar-refractivity contribution in [1.82, 2.24) is 5.32 Å². The number of nitrogens with one attached hydrogen (secondary N) is 3. The Morgan fingerprint density at radius 2 is 1.73 bits per heavy atom. The van der Waals surface area contributed by atoms with E-state index in [0.29, 0.717) is 17.1 Å². The molecule has 134 valence electrons. The molecular formula is C19H19N3O3S. The number of carbonyl (C=O) groups excluding carboxylic acids is 2. The molecule has 0 aliphatic heterocycles. The van der Waals surface area contributed by atoms with Crippen molar-refractivity contribution in [3.63, 3.8) is 0 Å². The zero-order chi connectivity index (χ0) is 18.9. The number of carbonyl (C=O) groups is 2. The van der Waals surface area contributed by atoms with Crippen molar-refractivity contribution >= 4 is 46.6 Å². The summed E-state index contributed by atoms with van der Waals surface area (Å²) in [7, 11) is 1.57. The molecule has 26 heavy (non-hydrogen) atoms. The molecule has 0 spiro atoms. The molecule has 0 saturated carbocycles. The third kappa shape index (κ3) is 6.03. The molecule has 0 radical (unpaired) electrons. The molecule has 3 N–H and O–H groups in total. The van der Waals surface area contributed by atoms with Gasteiger partial charge in [-0.15, -0.1) is 0 Å². The number of hydrogen-bond donors (Lipinski definition) is 3. The SMILES string of the molecule is COc1ccccc1/C=C/C(=O)NC(=S)Nc1cccc(NC(C)=O)c1. The van der Waals surface area contributed by atoms with E-state index in [-0.39, 0.29) is 16.9 Å². The number of para-hydroxylation sites is 1. The van der Waals surface area contributed by atoms with Crippen molar-refractivity contribution in [1.29, 1.82) is 0 Å². The second kappa shape index (κ2) is 9.33. The first-order valence-electron chi connectivity index (χ1n) is 7.78. The molecule has 0 saturated heterocycles. The Hall–Kier alpha value is -3.19. The third-order valence-electron chi connectivity index (χ3n) is 3.23. The minimum atomic E-state index is -0.369. The molecule has 0 aliphatic rings. The molecule has 2 amide bonds. The van der Waals surface area contributed by atoms with E-state index < -0.39 is 0 Å². The minimum Gasteiger partial charge on any atom is -0.496 e. The highest BCUT2D eigenvalue weighted by Crippen LogP contribution is 2.18.